The lowest BCUT2D eigenvalue weighted by Crippen LogP contribution is -2.72. The first-order chi connectivity index (χ1) is 8.54. The van der Waals surface area contributed by atoms with Gasteiger partial charge in [-0.05, 0) is 0 Å². The number of aliphatic hydroxyl groups excluding tert-OH is 3. The van der Waals surface area contributed by atoms with Crippen molar-refractivity contribution in [1.29, 1.82) is 0 Å². The topological polar surface area (TPSA) is 174 Å². The van der Waals surface area contributed by atoms with Gasteiger partial charge in [-0.3, -0.25) is 9.35 Å². The minimum Gasteiger partial charge on any atom is -0.394 e. The summed E-state index contributed by atoms with van der Waals surface area (Å²) < 4.78 is 35.8. The van der Waals surface area contributed by atoms with E-state index in [1.165, 1.54) is 0 Å². The molecule has 0 bridgehead atoms. The van der Waals surface area contributed by atoms with Crippen molar-refractivity contribution in [3.05, 3.63) is 0 Å². The van der Waals surface area contributed by atoms with Crippen molar-refractivity contribution in [3.63, 3.8) is 0 Å². The van der Waals surface area contributed by atoms with Crippen molar-refractivity contribution in [3.8, 4) is 0 Å². The van der Waals surface area contributed by atoms with Gasteiger partial charge in [-0.1, -0.05) is 0 Å². The molecule has 0 spiro atoms. The molecule has 1 saturated heterocycles. The van der Waals surface area contributed by atoms with Crippen LogP contribution in [0.3, 0.4) is 0 Å². The zero-order valence-electron chi connectivity index (χ0n) is 9.79. The Kier molecular flexibility index (Phi) is 4.51. The highest BCUT2D eigenvalue weighted by Gasteiger charge is 2.61. The van der Waals surface area contributed by atoms with Crippen LogP contribution in [0.2, 0.25) is 0 Å². The Morgan fingerprint density at radius 3 is 2.26 bits per heavy atom. The minimum absolute atomic E-state index is 0.843. The maximum atomic E-state index is 11.2. The smallest absolute Gasteiger partial charge is 0.324 e. The molecule has 1 amide bonds. The Morgan fingerprint density at radius 1 is 1.37 bits per heavy atom. The van der Waals surface area contributed by atoms with Gasteiger partial charge in [0.15, 0.2) is 0 Å². The number of ether oxygens (including phenoxy) is 1. The summed E-state index contributed by atoms with van der Waals surface area (Å²) in [5.74, 6) is -0.843. The van der Waals surface area contributed by atoms with Gasteiger partial charge in [0.05, 0.1) is 6.61 Å². The van der Waals surface area contributed by atoms with Crippen LogP contribution in [-0.4, -0.2) is 75.4 Å². The van der Waals surface area contributed by atoms with Gasteiger partial charge in [0.1, 0.15) is 24.4 Å². The normalized spacial score (nSPS) is 39.9. The molecule has 19 heavy (non-hydrogen) atoms. The van der Waals surface area contributed by atoms with Gasteiger partial charge < -0.3 is 30.5 Å². The number of aliphatic hydroxyl groups is 4. The second kappa shape index (κ2) is 5.28. The molecule has 10 nitrogen and oxygen atoms in total. The lowest BCUT2D eigenvalue weighted by Gasteiger charge is -2.45. The molecule has 1 unspecified atom stereocenters. The van der Waals surface area contributed by atoms with Gasteiger partial charge in [-0.15, -0.1) is 0 Å². The van der Waals surface area contributed by atoms with Crippen molar-refractivity contribution < 1.29 is 42.9 Å². The van der Waals surface area contributed by atoms with E-state index in [2.05, 4.69) is 4.74 Å². The molecule has 0 radical (unpaired) electrons. The van der Waals surface area contributed by atoms with Crippen LogP contribution in [0.1, 0.15) is 6.92 Å². The predicted octanol–water partition coefficient (Wildman–Crippen LogP) is -3.86. The molecule has 11 heteroatoms. The molecule has 0 aromatic carbocycles. The van der Waals surface area contributed by atoms with Gasteiger partial charge in [-0.25, -0.2) is 0 Å². The highest BCUT2D eigenvalue weighted by atomic mass is 32.2. The predicted molar refractivity (Wildman–Crippen MR) is 58.1 cm³/mol. The first kappa shape index (κ1) is 16.2. The summed E-state index contributed by atoms with van der Waals surface area (Å²) in [5.41, 5.74) is 0. The van der Waals surface area contributed by atoms with Gasteiger partial charge in [0, 0.05) is 6.92 Å². The molecular formula is C8H15NO9S. The molecule has 1 rings (SSSR count). The molecular weight excluding hydrogens is 286 g/mol. The van der Waals surface area contributed by atoms with Crippen LogP contribution in [0.15, 0.2) is 0 Å². The van der Waals surface area contributed by atoms with Crippen molar-refractivity contribution in [2.75, 3.05) is 6.61 Å². The number of carbonyl (C=O) groups excluding carboxylic acids is 1. The fourth-order valence-electron chi connectivity index (χ4n) is 1.75. The number of amides is 1. The molecule has 6 N–H and O–H groups in total. The zero-order valence-corrected chi connectivity index (χ0v) is 10.6. The highest BCUT2D eigenvalue weighted by Crippen LogP contribution is 2.31. The fourth-order valence-corrected chi connectivity index (χ4v) is 2.52. The third-order valence-corrected chi connectivity index (χ3v) is 3.78. The van der Waals surface area contributed by atoms with E-state index in [9.17, 15) is 28.5 Å². The molecule has 112 valence electrons. The summed E-state index contributed by atoms with van der Waals surface area (Å²) in [7, 11) is -5.28. The minimum atomic E-state index is -5.28. The van der Waals surface area contributed by atoms with Crippen LogP contribution < -0.4 is 5.32 Å². The maximum Gasteiger partial charge on any atom is 0.324 e. The zero-order chi connectivity index (χ0) is 15.0. The van der Waals surface area contributed by atoms with Crippen molar-refractivity contribution in [1.82, 2.24) is 5.32 Å². The van der Waals surface area contributed by atoms with Crippen molar-refractivity contribution in [2.45, 2.75) is 36.4 Å². The molecule has 1 aliphatic heterocycles. The lowest BCUT2D eigenvalue weighted by molar-refractivity contribution is -0.278. The van der Waals surface area contributed by atoms with Crippen LogP contribution >= 0.6 is 0 Å². The number of nitrogens with one attached hydrogen (secondary N) is 1. The monoisotopic (exact) mass is 301 g/mol. The summed E-state index contributed by atoms with van der Waals surface area (Å²) >= 11 is 0. The molecule has 0 aromatic rings. The first-order valence-electron chi connectivity index (χ1n) is 5.16. The van der Waals surface area contributed by atoms with E-state index in [0.717, 1.165) is 6.92 Å². The van der Waals surface area contributed by atoms with Crippen molar-refractivity contribution >= 4 is 16.0 Å². The maximum absolute atomic E-state index is 11.2. The quantitative estimate of drug-likeness (QED) is 0.285. The van der Waals surface area contributed by atoms with Crippen LogP contribution in [0.5, 0.6) is 0 Å². The summed E-state index contributed by atoms with van der Waals surface area (Å²) in [6, 6.07) is -2.03. The summed E-state index contributed by atoms with van der Waals surface area (Å²) in [5, 5.41) is 36.4. The fraction of sp³-hybridized carbons (Fsp3) is 0.875. The Morgan fingerprint density at radius 2 is 1.89 bits per heavy atom. The molecule has 0 aromatic heterocycles. The number of carbonyl (C=O) groups is 1. The largest absolute Gasteiger partial charge is 0.394 e. The second-order valence-electron chi connectivity index (χ2n) is 4.10. The van der Waals surface area contributed by atoms with E-state index in [0.29, 0.717) is 0 Å². The van der Waals surface area contributed by atoms with Gasteiger partial charge in [-0.2, -0.15) is 8.42 Å². The number of rotatable bonds is 3. The van der Waals surface area contributed by atoms with E-state index in [-0.39, 0.29) is 0 Å². The number of hydrogen-bond acceptors (Lipinski definition) is 8. The van der Waals surface area contributed by atoms with E-state index >= 15 is 0 Å². The average Bonchev–Trinajstić information content (AvgIpc) is 2.27. The van der Waals surface area contributed by atoms with Crippen LogP contribution in [-0.2, 0) is 19.6 Å². The first-order valence-corrected chi connectivity index (χ1v) is 6.60. The Hall–Kier alpha value is -0.820. The molecule has 0 aliphatic carbocycles. The van der Waals surface area contributed by atoms with E-state index in [1.807, 2.05) is 5.32 Å². The second-order valence-corrected chi connectivity index (χ2v) is 5.64. The van der Waals surface area contributed by atoms with E-state index in [4.69, 9.17) is 9.66 Å². The van der Waals surface area contributed by atoms with Crippen LogP contribution in [0.25, 0.3) is 0 Å². The molecule has 5 atom stereocenters. The van der Waals surface area contributed by atoms with Gasteiger partial charge in [0.2, 0.25) is 5.91 Å². The van der Waals surface area contributed by atoms with Crippen molar-refractivity contribution in [2.24, 2.45) is 0 Å². The molecule has 1 aliphatic rings. The molecule has 1 heterocycles. The van der Waals surface area contributed by atoms with Crippen LogP contribution in [0.4, 0.5) is 0 Å². The summed E-state index contributed by atoms with van der Waals surface area (Å²) in [6.07, 6.45) is -5.42. The summed E-state index contributed by atoms with van der Waals surface area (Å²) in [6.45, 7) is 0.0322. The Bertz CT molecular complexity index is 451. The van der Waals surface area contributed by atoms with E-state index in [1.54, 1.807) is 0 Å². The average molecular weight is 301 g/mol. The Labute approximate surface area is 108 Å². The molecule has 0 saturated carbocycles. The Balaban J connectivity index is 3.25. The third-order valence-electron chi connectivity index (χ3n) is 2.69. The molecule has 1 fully saturated rings. The number of hydrogen-bond donors (Lipinski definition) is 6. The van der Waals surface area contributed by atoms with Crippen LogP contribution in [0, 0.1) is 0 Å². The highest BCUT2D eigenvalue weighted by molar-refractivity contribution is 7.86. The van der Waals surface area contributed by atoms with E-state index < -0.39 is 52.1 Å². The van der Waals surface area contributed by atoms with Gasteiger partial charge >= 0.3 is 15.2 Å². The van der Waals surface area contributed by atoms with Gasteiger partial charge in [0.25, 0.3) is 0 Å². The standard InChI is InChI=1S/C8H15NO9S/c1-3(11)9-7-6(13)5(12)4(2-10)18-8(7,14)19(15,16)17/h4-7,10,12-14H,2H2,1H3,(H,9,11)(H,15,16,17)/t4-,5+,6+,7-,8?/m1/s1. The summed E-state index contributed by atoms with van der Waals surface area (Å²) in [4.78, 5) is 10.9. The third kappa shape index (κ3) is 2.86. The SMILES string of the molecule is CC(=O)N[C@@H]1[C@@H](O)[C@@H](O)[C@@H](CO)OC1(O)S(=O)(=O)O. The lowest BCUT2D eigenvalue weighted by atomic mass is 9.97.